The highest BCUT2D eigenvalue weighted by Crippen LogP contribution is 2.33. The van der Waals surface area contributed by atoms with Gasteiger partial charge in [-0.05, 0) is 101 Å². The van der Waals surface area contributed by atoms with Crippen LogP contribution in [0.2, 0.25) is 0 Å². The molecule has 0 spiro atoms. The minimum absolute atomic E-state index is 0. The molecular formula is C39H52Cl2N6O5. The number of fused-ring (bicyclic) bond motifs is 1. The van der Waals surface area contributed by atoms with Crippen molar-refractivity contribution in [3.8, 4) is 11.5 Å². The van der Waals surface area contributed by atoms with E-state index >= 15 is 0 Å². The van der Waals surface area contributed by atoms with Crippen molar-refractivity contribution in [1.82, 2.24) is 19.7 Å². The lowest BCUT2D eigenvalue weighted by Gasteiger charge is -2.32. The normalized spacial score (nSPS) is 12.9. The number of rotatable bonds is 14. The zero-order valence-corrected chi connectivity index (χ0v) is 32.6. The second kappa shape index (κ2) is 19.5. The summed E-state index contributed by atoms with van der Waals surface area (Å²) < 4.78 is 11.8. The third-order valence-corrected chi connectivity index (χ3v) is 9.15. The summed E-state index contributed by atoms with van der Waals surface area (Å²) in [6, 6.07) is 16.4. The van der Waals surface area contributed by atoms with Crippen LogP contribution in [0.5, 0.6) is 11.5 Å². The molecule has 1 aliphatic rings. The van der Waals surface area contributed by atoms with E-state index in [4.69, 9.17) is 9.47 Å². The number of aromatic nitrogens is 1. The van der Waals surface area contributed by atoms with Crippen molar-refractivity contribution in [2.24, 2.45) is 0 Å². The van der Waals surface area contributed by atoms with E-state index in [0.29, 0.717) is 53.6 Å². The largest absolute Gasteiger partial charge is 0.495 e. The summed E-state index contributed by atoms with van der Waals surface area (Å²) in [5.74, 6) is 0.711. The lowest BCUT2D eigenvalue weighted by Crippen LogP contribution is -2.47. The van der Waals surface area contributed by atoms with Gasteiger partial charge in [-0.15, -0.1) is 24.8 Å². The van der Waals surface area contributed by atoms with Crippen molar-refractivity contribution in [3.63, 3.8) is 0 Å². The maximum atomic E-state index is 13.8. The van der Waals surface area contributed by atoms with Gasteiger partial charge in [-0.25, -0.2) is 0 Å². The Morgan fingerprint density at radius 3 is 2.37 bits per heavy atom. The van der Waals surface area contributed by atoms with Crippen LogP contribution in [0.4, 0.5) is 11.4 Å². The molecule has 1 aliphatic heterocycles. The lowest BCUT2D eigenvalue weighted by atomic mass is 10.0. The highest BCUT2D eigenvalue weighted by atomic mass is 35.5. The van der Waals surface area contributed by atoms with Crippen LogP contribution in [0, 0.1) is 6.92 Å². The zero-order chi connectivity index (χ0) is 35.8. The number of nitrogens with one attached hydrogen (secondary N) is 2. The van der Waals surface area contributed by atoms with Crippen molar-refractivity contribution in [2.45, 2.75) is 39.2 Å². The monoisotopic (exact) mass is 754 g/mol. The third kappa shape index (κ3) is 10.4. The molecule has 0 radical (unpaired) electrons. The number of halogens is 2. The molecule has 1 aromatic heterocycles. The first kappa shape index (κ1) is 42.1. The Labute approximate surface area is 319 Å². The van der Waals surface area contributed by atoms with E-state index in [0.717, 1.165) is 67.5 Å². The Bertz CT molecular complexity index is 1820. The molecule has 2 heterocycles. The Kier molecular flexibility index (Phi) is 15.8. The quantitative estimate of drug-likeness (QED) is 0.139. The van der Waals surface area contributed by atoms with Gasteiger partial charge in [0.25, 0.3) is 11.8 Å². The number of piperazine rings is 1. The summed E-state index contributed by atoms with van der Waals surface area (Å²) in [5.41, 5.74) is 5.00. The zero-order valence-electron chi connectivity index (χ0n) is 31.0. The van der Waals surface area contributed by atoms with E-state index in [-0.39, 0.29) is 42.5 Å². The van der Waals surface area contributed by atoms with Gasteiger partial charge in [0.1, 0.15) is 11.5 Å². The van der Waals surface area contributed by atoms with Gasteiger partial charge in [0.2, 0.25) is 5.91 Å². The van der Waals surface area contributed by atoms with Crippen molar-refractivity contribution in [1.29, 1.82) is 0 Å². The van der Waals surface area contributed by atoms with Crippen LogP contribution in [0.15, 0.2) is 60.8 Å². The molecule has 282 valence electrons. The first-order valence-corrected chi connectivity index (χ1v) is 17.3. The lowest BCUT2D eigenvalue weighted by molar-refractivity contribution is -0.132. The van der Waals surface area contributed by atoms with Crippen molar-refractivity contribution in [3.05, 3.63) is 83.0 Å². The molecule has 0 atom stereocenters. The number of H-pyrrole nitrogens is 1. The van der Waals surface area contributed by atoms with Crippen LogP contribution in [0.25, 0.3) is 10.9 Å². The summed E-state index contributed by atoms with van der Waals surface area (Å²) in [5, 5.41) is 3.86. The number of anilines is 2. The number of hydrogen-bond donors (Lipinski definition) is 2. The number of likely N-dealkylation sites (N-methyl/N-ethyl adjacent to an activating group) is 1. The molecule has 1 saturated heterocycles. The molecular weight excluding hydrogens is 703 g/mol. The second-order valence-corrected chi connectivity index (χ2v) is 13.3. The molecule has 4 aromatic rings. The highest BCUT2D eigenvalue weighted by molar-refractivity contribution is 6.14. The molecule has 5 rings (SSSR count). The average Bonchev–Trinajstić information content (AvgIpc) is 3.51. The third-order valence-electron chi connectivity index (χ3n) is 9.15. The molecule has 3 aromatic carbocycles. The van der Waals surface area contributed by atoms with Gasteiger partial charge in [0, 0.05) is 74.4 Å². The van der Waals surface area contributed by atoms with E-state index in [1.54, 1.807) is 30.1 Å². The number of carbonyl (C=O) groups excluding carboxylic acids is 3. The molecule has 0 unspecified atom stereocenters. The molecule has 13 heteroatoms. The van der Waals surface area contributed by atoms with Crippen LogP contribution < -0.4 is 19.7 Å². The molecule has 1 fully saturated rings. The van der Waals surface area contributed by atoms with Crippen LogP contribution in [-0.2, 0) is 11.3 Å². The molecule has 2 N–H and O–H groups in total. The number of hydrogen-bond acceptors (Lipinski definition) is 7. The van der Waals surface area contributed by atoms with E-state index in [9.17, 15) is 14.4 Å². The predicted octanol–water partition coefficient (Wildman–Crippen LogP) is 6.63. The number of aryl methyl sites for hydroxylation is 1. The number of unbranched alkanes of at least 4 members (excludes halogenated alkanes) is 2. The number of ether oxygens (including phenoxy) is 2. The first-order chi connectivity index (χ1) is 24.0. The molecule has 11 nitrogen and oxygen atoms in total. The van der Waals surface area contributed by atoms with E-state index < -0.39 is 0 Å². The average molecular weight is 756 g/mol. The van der Waals surface area contributed by atoms with Gasteiger partial charge in [0.15, 0.2) is 0 Å². The first-order valence-electron chi connectivity index (χ1n) is 17.3. The Morgan fingerprint density at radius 1 is 0.904 bits per heavy atom. The molecule has 52 heavy (non-hydrogen) atoms. The summed E-state index contributed by atoms with van der Waals surface area (Å²) in [4.78, 5) is 51.0. The number of amides is 3. The number of nitrogens with zero attached hydrogens (tertiary/aromatic N) is 4. The Hall–Kier alpha value is -4.29. The SMILES string of the molecule is COc1cc(C(=O)N(C)c2ccc(C)cc2OCCCCCC(=O)N2CCN(C)CC2)ccc1NC(=O)c1cccc2[nH]cc(CN(C)C)c12.Cl.Cl. The maximum absolute atomic E-state index is 13.8. The maximum Gasteiger partial charge on any atom is 0.258 e. The minimum Gasteiger partial charge on any atom is -0.495 e. The fraction of sp³-hybridized carbons (Fsp3) is 0.410. The van der Waals surface area contributed by atoms with Gasteiger partial charge in [-0.3, -0.25) is 14.4 Å². The molecule has 0 saturated carbocycles. The minimum atomic E-state index is -0.271. The summed E-state index contributed by atoms with van der Waals surface area (Å²) in [6.45, 7) is 6.62. The smallest absolute Gasteiger partial charge is 0.258 e. The Balaban J connectivity index is 0.00000364. The van der Waals surface area contributed by atoms with Gasteiger partial charge in [-0.2, -0.15) is 0 Å². The van der Waals surface area contributed by atoms with Crippen LogP contribution in [-0.4, -0.2) is 105 Å². The van der Waals surface area contributed by atoms with Crippen LogP contribution in [0.3, 0.4) is 0 Å². The number of carbonyl (C=O) groups is 3. The van der Waals surface area contributed by atoms with Gasteiger partial charge in [0.05, 0.1) is 25.1 Å². The standard InChI is InChI=1S/C39H50N6O5.2ClH/c1-27-14-17-33(35(23-27)50-22-9-7-8-13-36(46)45-20-18-43(4)19-21-45)44(5)39(48)28-15-16-31(34(24-28)49-6)41-38(47)30-11-10-12-32-37(30)29(25-40-32)26-42(2)3;;/h10-12,14-17,23-25,40H,7-9,13,18-22,26H2,1-6H3,(H,41,47);2*1H. The summed E-state index contributed by atoms with van der Waals surface area (Å²) in [6.07, 6.45) is 5.01. The van der Waals surface area contributed by atoms with E-state index in [2.05, 4.69) is 27.1 Å². The van der Waals surface area contributed by atoms with Gasteiger partial charge in [-0.1, -0.05) is 12.1 Å². The number of methoxy groups -OCH3 is 1. The van der Waals surface area contributed by atoms with Crippen LogP contribution in [0.1, 0.15) is 57.5 Å². The summed E-state index contributed by atoms with van der Waals surface area (Å²) >= 11 is 0. The fourth-order valence-electron chi connectivity index (χ4n) is 6.30. The van der Waals surface area contributed by atoms with Gasteiger partial charge >= 0.3 is 0 Å². The Morgan fingerprint density at radius 2 is 1.65 bits per heavy atom. The number of benzene rings is 3. The molecule has 0 aliphatic carbocycles. The van der Waals surface area contributed by atoms with E-state index in [1.807, 2.05) is 68.5 Å². The molecule has 0 bridgehead atoms. The van der Waals surface area contributed by atoms with Crippen molar-refractivity contribution >= 4 is 64.8 Å². The van der Waals surface area contributed by atoms with E-state index in [1.165, 1.54) is 7.11 Å². The number of aromatic amines is 1. The van der Waals surface area contributed by atoms with Crippen LogP contribution >= 0.6 is 24.8 Å². The second-order valence-electron chi connectivity index (χ2n) is 13.3. The fourth-order valence-corrected chi connectivity index (χ4v) is 6.30. The highest BCUT2D eigenvalue weighted by Gasteiger charge is 2.22. The van der Waals surface area contributed by atoms with Crippen molar-refractivity contribution < 1.29 is 23.9 Å². The van der Waals surface area contributed by atoms with Gasteiger partial charge < -0.3 is 39.4 Å². The predicted molar refractivity (Wildman–Crippen MR) is 213 cm³/mol. The molecule has 3 amide bonds. The topological polar surface area (TPSA) is 110 Å². The summed E-state index contributed by atoms with van der Waals surface area (Å²) in [7, 11) is 9.29. The van der Waals surface area contributed by atoms with Crippen molar-refractivity contribution in [2.75, 3.05) is 78.3 Å².